The summed E-state index contributed by atoms with van der Waals surface area (Å²) in [4.78, 5) is 7.92. The molecule has 6 heteroatoms. The van der Waals surface area contributed by atoms with Crippen LogP contribution in [0.15, 0.2) is 24.8 Å². The lowest BCUT2D eigenvalue weighted by atomic mass is 10.5. The van der Waals surface area contributed by atoms with E-state index in [1.807, 2.05) is 0 Å². The molecule has 0 aliphatic rings. The third-order valence-electron chi connectivity index (χ3n) is 1.60. The van der Waals surface area contributed by atoms with Crippen LogP contribution < -0.4 is 11.5 Å². The molecule has 2 aromatic rings. The zero-order valence-electron chi connectivity index (χ0n) is 6.75. The van der Waals surface area contributed by atoms with Gasteiger partial charge < -0.3 is 11.5 Å². The van der Waals surface area contributed by atoms with Crippen LogP contribution in [-0.2, 0) is 0 Å². The maximum absolute atomic E-state index is 5.64. The molecule has 0 unspecified atom stereocenters. The monoisotopic (exact) mass is 176 g/mol. The summed E-state index contributed by atoms with van der Waals surface area (Å²) in [6.07, 6.45) is 6.17. The summed E-state index contributed by atoms with van der Waals surface area (Å²) in [5.41, 5.74) is 11.6. The molecule has 0 aliphatic carbocycles. The molecule has 66 valence electrons. The molecule has 13 heavy (non-hydrogen) atoms. The Bertz CT molecular complexity index is 406. The first-order valence-electron chi connectivity index (χ1n) is 3.64. The Balaban J connectivity index is 2.53. The molecule has 0 saturated carbocycles. The number of anilines is 2. The van der Waals surface area contributed by atoms with Crippen LogP contribution >= 0.6 is 0 Å². The SMILES string of the molecule is Nc1cnn(-c2cnccn2)c1N. The Morgan fingerprint density at radius 2 is 2.00 bits per heavy atom. The van der Waals surface area contributed by atoms with E-state index in [0.717, 1.165) is 0 Å². The first-order chi connectivity index (χ1) is 6.29. The van der Waals surface area contributed by atoms with Gasteiger partial charge in [-0.3, -0.25) is 4.98 Å². The van der Waals surface area contributed by atoms with Crippen LogP contribution in [0.5, 0.6) is 0 Å². The fourth-order valence-corrected chi connectivity index (χ4v) is 0.954. The number of nitrogens with zero attached hydrogens (tertiary/aromatic N) is 4. The molecule has 0 aromatic carbocycles. The highest BCUT2D eigenvalue weighted by atomic mass is 15.3. The lowest BCUT2D eigenvalue weighted by Crippen LogP contribution is -2.04. The van der Waals surface area contributed by atoms with Crippen LogP contribution in [-0.4, -0.2) is 19.7 Å². The van der Waals surface area contributed by atoms with E-state index in [1.165, 1.54) is 10.9 Å². The zero-order chi connectivity index (χ0) is 9.26. The van der Waals surface area contributed by atoms with Gasteiger partial charge in [0.25, 0.3) is 0 Å². The third kappa shape index (κ3) is 1.18. The van der Waals surface area contributed by atoms with E-state index in [2.05, 4.69) is 15.1 Å². The zero-order valence-corrected chi connectivity index (χ0v) is 6.75. The standard InChI is InChI=1S/C7H8N6/c8-5-3-12-13(7(5)9)6-4-10-1-2-11-6/h1-4H,8-9H2. The number of hydrogen-bond donors (Lipinski definition) is 2. The van der Waals surface area contributed by atoms with Gasteiger partial charge in [-0.1, -0.05) is 0 Å². The molecular formula is C7H8N6. The summed E-state index contributed by atoms with van der Waals surface area (Å²) < 4.78 is 1.43. The Morgan fingerprint density at radius 1 is 1.15 bits per heavy atom. The lowest BCUT2D eigenvalue weighted by Gasteiger charge is -2.00. The fraction of sp³-hybridized carbons (Fsp3) is 0. The molecule has 0 bridgehead atoms. The Morgan fingerprint density at radius 3 is 2.54 bits per heavy atom. The molecule has 2 heterocycles. The molecule has 6 nitrogen and oxygen atoms in total. The lowest BCUT2D eigenvalue weighted by molar-refractivity contribution is 0.847. The van der Waals surface area contributed by atoms with Gasteiger partial charge in [0, 0.05) is 12.4 Å². The maximum atomic E-state index is 5.64. The minimum absolute atomic E-state index is 0.375. The first kappa shape index (κ1) is 7.53. The molecule has 2 aromatic heterocycles. The van der Waals surface area contributed by atoms with Gasteiger partial charge in [0.15, 0.2) is 11.6 Å². The van der Waals surface area contributed by atoms with Crippen LogP contribution in [0.4, 0.5) is 11.5 Å². The van der Waals surface area contributed by atoms with Gasteiger partial charge in [0.1, 0.15) is 0 Å². The quantitative estimate of drug-likeness (QED) is 0.628. The van der Waals surface area contributed by atoms with Crippen molar-refractivity contribution in [3.8, 4) is 5.82 Å². The summed E-state index contributed by atoms with van der Waals surface area (Å²) in [5, 5.41) is 3.95. The van der Waals surface area contributed by atoms with Crippen molar-refractivity contribution in [2.45, 2.75) is 0 Å². The average Bonchev–Trinajstić information content (AvgIpc) is 2.49. The summed E-state index contributed by atoms with van der Waals surface area (Å²) in [7, 11) is 0. The summed E-state index contributed by atoms with van der Waals surface area (Å²) in [6.45, 7) is 0. The number of hydrogen-bond acceptors (Lipinski definition) is 5. The predicted octanol–water partition coefficient (Wildman–Crippen LogP) is -0.173. The van der Waals surface area contributed by atoms with E-state index in [0.29, 0.717) is 17.3 Å². The molecule has 0 radical (unpaired) electrons. The highest BCUT2D eigenvalue weighted by Crippen LogP contribution is 2.15. The molecule has 4 N–H and O–H groups in total. The van der Waals surface area contributed by atoms with Gasteiger partial charge in [-0.25, -0.2) is 4.98 Å². The van der Waals surface area contributed by atoms with Crippen LogP contribution in [0.25, 0.3) is 5.82 Å². The van der Waals surface area contributed by atoms with E-state index < -0.39 is 0 Å². The van der Waals surface area contributed by atoms with Gasteiger partial charge in [-0.05, 0) is 0 Å². The molecule has 2 rings (SSSR count). The van der Waals surface area contributed by atoms with Crippen molar-refractivity contribution in [2.75, 3.05) is 11.5 Å². The van der Waals surface area contributed by atoms with Gasteiger partial charge in [-0.2, -0.15) is 9.78 Å². The van der Waals surface area contributed by atoms with Crippen molar-refractivity contribution in [1.29, 1.82) is 0 Å². The highest BCUT2D eigenvalue weighted by molar-refractivity contribution is 5.59. The van der Waals surface area contributed by atoms with Gasteiger partial charge in [-0.15, -0.1) is 0 Å². The maximum Gasteiger partial charge on any atom is 0.174 e. The van der Waals surface area contributed by atoms with Crippen LogP contribution in [0, 0.1) is 0 Å². The molecule has 0 atom stereocenters. The van der Waals surface area contributed by atoms with E-state index in [4.69, 9.17) is 11.5 Å². The second kappa shape index (κ2) is 2.74. The Hall–Kier alpha value is -2.11. The number of nitrogen functional groups attached to an aromatic ring is 2. The van der Waals surface area contributed by atoms with Gasteiger partial charge >= 0.3 is 0 Å². The van der Waals surface area contributed by atoms with Gasteiger partial charge in [0.2, 0.25) is 0 Å². The first-order valence-corrected chi connectivity index (χ1v) is 3.64. The van der Waals surface area contributed by atoms with Crippen molar-refractivity contribution >= 4 is 11.5 Å². The molecular weight excluding hydrogens is 168 g/mol. The van der Waals surface area contributed by atoms with Crippen molar-refractivity contribution in [1.82, 2.24) is 19.7 Å². The molecule has 0 amide bonds. The Labute approximate surface area is 74.2 Å². The van der Waals surface area contributed by atoms with Crippen LogP contribution in [0.3, 0.4) is 0 Å². The second-order valence-electron chi connectivity index (χ2n) is 2.46. The van der Waals surface area contributed by atoms with Crippen molar-refractivity contribution in [3.05, 3.63) is 24.8 Å². The fourth-order valence-electron chi connectivity index (χ4n) is 0.954. The predicted molar refractivity (Wildman–Crippen MR) is 48.0 cm³/mol. The summed E-state index contributed by atoms with van der Waals surface area (Å²) in [6, 6.07) is 0. The van der Waals surface area contributed by atoms with Crippen molar-refractivity contribution in [3.63, 3.8) is 0 Å². The molecule has 0 aliphatic heterocycles. The van der Waals surface area contributed by atoms with Crippen molar-refractivity contribution < 1.29 is 0 Å². The minimum atomic E-state index is 0.375. The van der Waals surface area contributed by atoms with Crippen LogP contribution in [0.2, 0.25) is 0 Å². The van der Waals surface area contributed by atoms with E-state index >= 15 is 0 Å². The van der Waals surface area contributed by atoms with Crippen LogP contribution in [0.1, 0.15) is 0 Å². The topological polar surface area (TPSA) is 95.6 Å². The number of nitrogens with two attached hydrogens (primary N) is 2. The highest BCUT2D eigenvalue weighted by Gasteiger charge is 2.05. The third-order valence-corrected chi connectivity index (χ3v) is 1.60. The number of aromatic nitrogens is 4. The average molecular weight is 176 g/mol. The second-order valence-corrected chi connectivity index (χ2v) is 2.46. The number of rotatable bonds is 1. The molecule has 0 fully saturated rings. The molecule has 0 spiro atoms. The van der Waals surface area contributed by atoms with E-state index in [-0.39, 0.29) is 0 Å². The van der Waals surface area contributed by atoms with Crippen molar-refractivity contribution in [2.24, 2.45) is 0 Å². The van der Waals surface area contributed by atoms with E-state index in [1.54, 1.807) is 18.6 Å². The molecule has 0 saturated heterocycles. The Kier molecular flexibility index (Phi) is 1.59. The summed E-state index contributed by atoms with van der Waals surface area (Å²) in [5.74, 6) is 0.928. The smallest absolute Gasteiger partial charge is 0.174 e. The normalized spacial score (nSPS) is 10.2. The largest absolute Gasteiger partial charge is 0.394 e. The van der Waals surface area contributed by atoms with E-state index in [9.17, 15) is 0 Å². The minimum Gasteiger partial charge on any atom is -0.394 e. The summed E-state index contributed by atoms with van der Waals surface area (Å²) >= 11 is 0. The van der Waals surface area contributed by atoms with Gasteiger partial charge in [0.05, 0.1) is 18.1 Å².